The van der Waals surface area contributed by atoms with Crippen molar-refractivity contribution in [1.82, 2.24) is 10.6 Å². The van der Waals surface area contributed by atoms with Crippen LogP contribution in [0.5, 0.6) is 0 Å². The van der Waals surface area contributed by atoms with E-state index in [1.807, 2.05) is 0 Å². The van der Waals surface area contributed by atoms with Gasteiger partial charge in [-0.3, -0.25) is 14.7 Å². The van der Waals surface area contributed by atoms with Gasteiger partial charge >= 0.3 is 19.6 Å². The first-order valence-corrected chi connectivity index (χ1v) is 8.45. The van der Waals surface area contributed by atoms with E-state index in [2.05, 4.69) is 10.6 Å². The lowest BCUT2D eigenvalue weighted by Gasteiger charge is -2.20. The Hall–Kier alpha value is -1.15. The van der Waals surface area contributed by atoms with Gasteiger partial charge in [-0.05, 0) is 26.7 Å². The Labute approximate surface area is 124 Å². The van der Waals surface area contributed by atoms with E-state index in [0.717, 1.165) is 0 Å². The SMILES string of the molecule is CCOP(=O)(CN[C@@H](CCCNC(N)=O)C(=O)O)OCC. The molecule has 0 aromatic heterocycles. The number of nitrogens with one attached hydrogen (secondary N) is 2. The molecule has 0 bridgehead atoms. The summed E-state index contributed by atoms with van der Waals surface area (Å²) in [6.07, 6.45) is 0.475. The number of carbonyl (C=O) groups excluding carboxylic acids is 1. The first kappa shape index (κ1) is 19.9. The Balaban J connectivity index is 4.32. The number of carboxylic acids is 1. The van der Waals surface area contributed by atoms with Gasteiger partial charge in [0.2, 0.25) is 0 Å². The van der Waals surface area contributed by atoms with Crippen LogP contribution in [0, 0.1) is 0 Å². The number of rotatable bonds is 12. The van der Waals surface area contributed by atoms with Crippen LogP contribution in [0.15, 0.2) is 0 Å². The molecule has 2 amide bonds. The Kier molecular flexibility index (Phi) is 9.98. The molecule has 0 heterocycles. The molecule has 0 aliphatic rings. The Morgan fingerprint density at radius 1 is 1.29 bits per heavy atom. The zero-order chi connectivity index (χ0) is 16.3. The fourth-order valence-corrected chi connectivity index (χ4v) is 3.06. The number of aliphatic carboxylic acids is 1. The van der Waals surface area contributed by atoms with Crippen molar-refractivity contribution in [3.8, 4) is 0 Å². The smallest absolute Gasteiger partial charge is 0.344 e. The number of primary amides is 1. The van der Waals surface area contributed by atoms with E-state index in [1.165, 1.54) is 0 Å². The second kappa shape index (κ2) is 10.6. The molecule has 21 heavy (non-hydrogen) atoms. The van der Waals surface area contributed by atoms with Crippen LogP contribution in [0.1, 0.15) is 26.7 Å². The molecule has 0 rings (SSSR count). The van der Waals surface area contributed by atoms with Crippen molar-refractivity contribution < 1.29 is 28.3 Å². The Morgan fingerprint density at radius 3 is 2.29 bits per heavy atom. The van der Waals surface area contributed by atoms with E-state index in [-0.39, 0.29) is 32.5 Å². The summed E-state index contributed by atoms with van der Waals surface area (Å²) in [6.45, 7) is 4.04. The molecule has 10 heteroatoms. The van der Waals surface area contributed by atoms with Crippen LogP contribution in [0.3, 0.4) is 0 Å². The second-order valence-corrected chi connectivity index (χ2v) is 6.19. The molecule has 0 saturated heterocycles. The normalized spacial score (nSPS) is 12.9. The molecule has 0 saturated carbocycles. The van der Waals surface area contributed by atoms with Crippen LogP contribution >= 0.6 is 7.60 Å². The van der Waals surface area contributed by atoms with Crippen molar-refractivity contribution >= 4 is 19.6 Å². The average Bonchev–Trinajstić information content (AvgIpc) is 2.37. The molecular formula is C11H24N3O6P. The van der Waals surface area contributed by atoms with Crippen molar-refractivity contribution in [1.29, 1.82) is 0 Å². The monoisotopic (exact) mass is 325 g/mol. The minimum atomic E-state index is -3.33. The number of amides is 2. The highest BCUT2D eigenvalue weighted by Crippen LogP contribution is 2.46. The van der Waals surface area contributed by atoms with Gasteiger partial charge < -0.3 is 25.2 Å². The lowest BCUT2D eigenvalue weighted by Crippen LogP contribution is -2.38. The van der Waals surface area contributed by atoms with Crippen molar-refractivity contribution in [2.75, 3.05) is 26.0 Å². The second-order valence-electron chi connectivity index (χ2n) is 4.13. The highest BCUT2D eigenvalue weighted by Gasteiger charge is 2.26. The third-order valence-electron chi connectivity index (χ3n) is 2.45. The number of nitrogens with two attached hydrogens (primary N) is 1. The van der Waals surface area contributed by atoms with E-state index in [0.29, 0.717) is 6.42 Å². The molecule has 0 aromatic rings. The standard InChI is InChI=1S/C11H24N3O6P/c1-3-19-21(18,20-4-2)8-14-9(10(15)16)6-5-7-13-11(12)17/h9,14H,3-8H2,1-2H3,(H,15,16)(H3,12,13,17)/t9-/m0/s1. The van der Waals surface area contributed by atoms with Gasteiger partial charge in [0.15, 0.2) is 0 Å². The number of carboxylic acid groups (broad SMARTS) is 1. The number of carbonyl (C=O) groups is 2. The number of hydrogen-bond donors (Lipinski definition) is 4. The maximum absolute atomic E-state index is 12.2. The minimum absolute atomic E-state index is 0.186. The van der Waals surface area contributed by atoms with Crippen molar-refractivity contribution in [3.63, 3.8) is 0 Å². The molecule has 0 aliphatic heterocycles. The van der Waals surface area contributed by atoms with Crippen molar-refractivity contribution in [2.24, 2.45) is 5.73 Å². The molecule has 0 unspecified atom stereocenters. The van der Waals surface area contributed by atoms with Gasteiger partial charge in [0, 0.05) is 6.54 Å². The predicted molar refractivity (Wildman–Crippen MR) is 77.1 cm³/mol. The lowest BCUT2D eigenvalue weighted by atomic mass is 10.1. The number of hydrogen-bond acceptors (Lipinski definition) is 6. The summed E-state index contributed by atoms with van der Waals surface area (Å²) in [5.41, 5.74) is 4.90. The highest BCUT2D eigenvalue weighted by atomic mass is 31.2. The summed E-state index contributed by atoms with van der Waals surface area (Å²) in [4.78, 5) is 21.6. The molecule has 0 fully saturated rings. The fourth-order valence-electron chi connectivity index (χ4n) is 1.57. The predicted octanol–water partition coefficient (Wildman–Crippen LogP) is 0.701. The van der Waals surface area contributed by atoms with Gasteiger partial charge in [0.05, 0.1) is 19.5 Å². The van der Waals surface area contributed by atoms with E-state index in [1.54, 1.807) is 13.8 Å². The van der Waals surface area contributed by atoms with Gasteiger partial charge in [0.1, 0.15) is 6.04 Å². The molecule has 0 radical (unpaired) electrons. The fraction of sp³-hybridized carbons (Fsp3) is 0.818. The maximum atomic E-state index is 12.2. The lowest BCUT2D eigenvalue weighted by molar-refractivity contribution is -0.139. The quantitative estimate of drug-likeness (QED) is 0.306. The third kappa shape index (κ3) is 9.41. The van der Waals surface area contributed by atoms with E-state index in [9.17, 15) is 14.2 Å². The molecule has 124 valence electrons. The van der Waals surface area contributed by atoms with Crippen LogP contribution in [-0.4, -0.2) is 49.2 Å². The molecule has 0 spiro atoms. The summed E-state index contributed by atoms with van der Waals surface area (Å²) in [7, 11) is -3.33. The summed E-state index contributed by atoms with van der Waals surface area (Å²) < 4.78 is 22.3. The molecule has 0 aliphatic carbocycles. The topological polar surface area (TPSA) is 140 Å². The summed E-state index contributed by atoms with van der Waals surface area (Å²) in [5.74, 6) is -1.08. The third-order valence-corrected chi connectivity index (χ3v) is 4.32. The van der Waals surface area contributed by atoms with Crippen molar-refractivity contribution in [3.05, 3.63) is 0 Å². The Bertz CT molecular complexity index is 369. The van der Waals surface area contributed by atoms with Gasteiger partial charge in [-0.15, -0.1) is 0 Å². The molecule has 9 nitrogen and oxygen atoms in total. The minimum Gasteiger partial charge on any atom is -0.480 e. The Morgan fingerprint density at radius 2 is 1.86 bits per heavy atom. The molecule has 0 aromatic carbocycles. The molecule has 1 atom stereocenters. The van der Waals surface area contributed by atoms with E-state index >= 15 is 0 Å². The van der Waals surface area contributed by atoms with Crippen LogP contribution in [0.25, 0.3) is 0 Å². The highest BCUT2D eigenvalue weighted by molar-refractivity contribution is 7.53. The van der Waals surface area contributed by atoms with Crippen LogP contribution in [0.4, 0.5) is 4.79 Å². The van der Waals surface area contributed by atoms with E-state index < -0.39 is 25.6 Å². The maximum Gasteiger partial charge on any atom is 0.344 e. The largest absolute Gasteiger partial charge is 0.480 e. The molecule has 5 N–H and O–H groups in total. The zero-order valence-electron chi connectivity index (χ0n) is 12.3. The summed E-state index contributed by atoms with van der Waals surface area (Å²) in [5, 5.41) is 14.1. The molecular weight excluding hydrogens is 301 g/mol. The summed E-state index contributed by atoms with van der Waals surface area (Å²) >= 11 is 0. The van der Waals surface area contributed by atoms with Crippen LogP contribution < -0.4 is 16.4 Å². The van der Waals surface area contributed by atoms with Crippen LogP contribution in [0.2, 0.25) is 0 Å². The zero-order valence-corrected chi connectivity index (χ0v) is 13.2. The first-order chi connectivity index (χ1) is 9.84. The summed E-state index contributed by atoms with van der Waals surface area (Å²) in [6, 6.07) is -1.57. The van der Waals surface area contributed by atoms with Crippen molar-refractivity contribution in [2.45, 2.75) is 32.7 Å². The van der Waals surface area contributed by atoms with E-state index in [4.69, 9.17) is 19.9 Å². The van der Waals surface area contributed by atoms with Gasteiger partial charge in [-0.25, -0.2) is 4.79 Å². The van der Waals surface area contributed by atoms with Gasteiger partial charge in [-0.1, -0.05) is 0 Å². The number of urea groups is 1. The first-order valence-electron chi connectivity index (χ1n) is 6.72. The average molecular weight is 325 g/mol. The van der Waals surface area contributed by atoms with Gasteiger partial charge in [0.25, 0.3) is 0 Å². The van der Waals surface area contributed by atoms with Gasteiger partial charge in [-0.2, -0.15) is 0 Å². The van der Waals surface area contributed by atoms with Crippen LogP contribution in [-0.2, 0) is 18.4 Å².